The summed E-state index contributed by atoms with van der Waals surface area (Å²) in [4.78, 5) is 15.9. The van der Waals surface area contributed by atoms with Crippen LogP contribution in [-0.2, 0) is 14.6 Å². The van der Waals surface area contributed by atoms with Crippen molar-refractivity contribution in [3.8, 4) is 5.75 Å². The van der Waals surface area contributed by atoms with E-state index in [0.29, 0.717) is 13.1 Å². The molecule has 6 nitrogen and oxygen atoms in total. The lowest BCUT2D eigenvalue weighted by molar-refractivity contribution is -0.130. The monoisotopic (exact) mass is 340 g/mol. The zero-order chi connectivity index (χ0) is 17.2. The third-order valence-corrected chi connectivity index (χ3v) is 5.64. The molecule has 0 spiro atoms. The lowest BCUT2D eigenvalue weighted by Crippen LogP contribution is -2.49. The molecular formula is C16H24N2O4S. The molecule has 23 heavy (non-hydrogen) atoms. The first-order valence-corrected chi connectivity index (χ1v) is 9.64. The molecule has 0 fully saturated rings. The van der Waals surface area contributed by atoms with Crippen LogP contribution in [-0.4, -0.2) is 63.5 Å². The van der Waals surface area contributed by atoms with Crippen LogP contribution in [0.1, 0.15) is 13.8 Å². The van der Waals surface area contributed by atoms with Gasteiger partial charge in [-0.3, -0.25) is 4.79 Å². The molecule has 128 valence electrons. The van der Waals surface area contributed by atoms with Crippen molar-refractivity contribution in [2.45, 2.75) is 25.2 Å². The van der Waals surface area contributed by atoms with Gasteiger partial charge >= 0.3 is 0 Å². The number of carbonyl (C=O) groups excluding carboxylic acids is 1. The Hall–Kier alpha value is -1.76. The van der Waals surface area contributed by atoms with Crippen molar-refractivity contribution in [1.29, 1.82) is 0 Å². The maximum absolute atomic E-state index is 12.2. The minimum Gasteiger partial charge on any atom is -0.485 e. The van der Waals surface area contributed by atoms with Gasteiger partial charge in [0.05, 0.1) is 18.8 Å². The van der Waals surface area contributed by atoms with Crippen LogP contribution in [0.2, 0.25) is 0 Å². The largest absolute Gasteiger partial charge is 0.485 e. The SMILES string of the molecule is CCN1C[C@@H](CN(C)C(=O)[C@@H](C)S(C)(=O)=O)Oc2ccccc21. The molecule has 0 aliphatic carbocycles. The van der Waals surface area contributed by atoms with Crippen LogP contribution in [0, 0.1) is 0 Å². The Kier molecular flexibility index (Phi) is 5.19. The second-order valence-corrected chi connectivity index (χ2v) is 8.30. The van der Waals surface area contributed by atoms with E-state index in [-0.39, 0.29) is 6.10 Å². The van der Waals surface area contributed by atoms with Gasteiger partial charge in [0.25, 0.3) is 0 Å². The Morgan fingerprint density at radius 1 is 1.43 bits per heavy atom. The Morgan fingerprint density at radius 3 is 2.70 bits per heavy atom. The number of likely N-dealkylation sites (N-methyl/N-ethyl adjacent to an activating group) is 2. The maximum Gasteiger partial charge on any atom is 0.240 e. The maximum atomic E-state index is 12.2. The number of benzene rings is 1. The van der Waals surface area contributed by atoms with Crippen molar-refractivity contribution in [2.24, 2.45) is 0 Å². The van der Waals surface area contributed by atoms with E-state index in [9.17, 15) is 13.2 Å². The zero-order valence-electron chi connectivity index (χ0n) is 14.0. The number of rotatable bonds is 5. The molecule has 1 aromatic rings. The third kappa shape index (κ3) is 3.96. The molecule has 0 saturated carbocycles. The van der Waals surface area contributed by atoms with Gasteiger partial charge in [0.2, 0.25) is 5.91 Å². The summed E-state index contributed by atoms with van der Waals surface area (Å²) < 4.78 is 29.1. The predicted molar refractivity (Wildman–Crippen MR) is 90.7 cm³/mol. The number of anilines is 1. The second-order valence-electron chi connectivity index (χ2n) is 5.94. The van der Waals surface area contributed by atoms with E-state index in [1.165, 1.54) is 11.8 Å². The highest BCUT2D eigenvalue weighted by Gasteiger charge is 2.30. The molecule has 1 aromatic carbocycles. The number of para-hydroxylation sites is 2. The molecule has 7 heteroatoms. The van der Waals surface area contributed by atoms with Crippen LogP contribution in [0.5, 0.6) is 5.75 Å². The van der Waals surface area contributed by atoms with E-state index >= 15 is 0 Å². The summed E-state index contributed by atoms with van der Waals surface area (Å²) in [5.41, 5.74) is 1.05. The second kappa shape index (κ2) is 6.78. The van der Waals surface area contributed by atoms with Gasteiger partial charge in [-0.05, 0) is 26.0 Å². The average Bonchev–Trinajstić information content (AvgIpc) is 2.51. The number of hydrogen-bond acceptors (Lipinski definition) is 5. The van der Waals surface area contributed by atoms with Crippen LogP contribution in [0.3, 0.4) is 0 Å². The van der Waals surface area contributed by atoms with Gasteiger partial charge in [0.1, 0.15) is 17.1 Å². The number of sulfone groups is 1. The van der Waals surface area contributed by atoms with E-state index in [0.717, 1.165) is 24.2 Å². The van der Waals surface area contributed by atoms with Crippen molar-refractivity contribution < 1.29 is 17.9 Å². The Balaban J connectivity index is 2.08. The summed E-state index contributed by atoms with van der Waals surface area (Å²) in [5.74, 6) is 0.389. The average molecular weight is 340 g/mol. The van der Waals surface area contributed by atoms with Gasteiger partial charge in [-0.25, -0.2) is 8.42 Å². The van der Waals surface area contributed by atoms with Crippen molar-refractivity contribution >= 4 is 21.4 Å². The Labute approximate surface area is 137 Å². The first kappa shape index (κ1) is 17.6. The fraction of sp³-hybridized carbons (Fsp3) is 0.562. The quantitative estimate of drug-likeness (QED) is 0.805. The third-order valence-electron chi connectivity index (χ3n) is 4.15. The van der Waals surface area contributed by atoms with E-state index in [4.69, 9.17) is 4.74 Å². The summed E-state index contributed by atoms with van der Waals surface area (Å²) >= 11 is 0. The van der Waals surface area contributed by atoms with Gasteiger partial charge < -0.3 is 14.5 Å². The van der Waals surface area contributed by atoms with Gasteiger partial charge in [-0.2, -0.15) is 0 Å². The summed E-state index contributed by atoms with van der Waals surface area (Å²) in [7, 11) is -1.78. The number of nitrogens with zero attached hydrogens (tertiary/aromatic N) is 2. The lowest BCUT2D eigenvalue weighted by Gasteiger charge is -2.37. The highest BCUT2D eigenvalue weighted by molar-refractivity contribution is 7.92. The lowest BCUT2D eigenvalue weighted by atomic mass is 10.2. The molecule has 0 bridgehead atoms. The number of carbonyl (C=O) groups is 1. The number of fused-ring (bicyclic) bond motifs is 1. The predicted octanol–water partition coefficient (Wildman–Crippen LogP) is 1.17. The summed E-state index contributed by atoms with van der Waals surface area (Å²) in [5, 5.41) is -1.04. The van der Waals surface area contributed by atoms with Gasteiger partial charge in [-0.1, -0.05) is 12.1 Å². The molecule has 0 saturated heterocycles. The normalized spacial score (nSPS) is 18.8. The van der Waals surface area contributed by atoms with Gasteiger partial charge in [-0.15, -0.1) is 0 Å². The van der Waals surface area contributed by atoms with Crippen LogP contribution in [0.15, 0.2) is 24.3 Å². The molecule has 2 atom stereocenters. The molecular weight excluding hydrogens is 316 g/mol. The van der Waals surface area contributed by atoms with Crippen molar-refractivity contribution in [1.82, 2.24) is 4.90 Å². The van der Waals surface area contributed by atoms with Crippen molar-refractivity contribution in [2.75, 3.05) is 37.8 Å². The number of hydrogen-bond donors (Lipinski definition) is 0. The Morgan fingerprint density at radius 2 is 2.09 bits per heavy atom. The highest BCUT2D eigenvalue weighted by Crippen LogP contribution is 2.32. The van der Waals surface area contributed by atoms with Crippen LogP contribution >= 0.6 is 0 Å². The number of amides is 1. The first-order valence-electron chi connectivity index (χ1n) is 7.68. The molecule has 2 rings (SSSR count). The molecule has 0 radical (unpaired) electrons. The van der Waals surface area contributed by atoms with Crippen LogP contribution in [0.25, 0.3) is 0 Å². The van der Waals surface area contributed by atoms with Gasteiger partial charge in [0, 0.05) is 19.8 Å². The molecule has 1 aliphatic heterocycles. The van der Waals surface area contributed by atoms with Crippen molar-refractivity contribution in [3.63, 3.8) is 0 Å². The van der Waals surface area contributed by atoms with E-state index in [2.05, 4.69) is 11.8 Å². The molecule has 1 heterocycles. The molecule has 0 unspecified atom stereocenters. The highest BCUT2D eigenvalue weighted by atomic mass is 32.2. The van der Waals surface area contributed by atoms with Crippen LogP contribution in [0.4, 0.5) is 5.69 Å². The summed E-state index contributed by atoms with van der Waals surface area (Å²) in [6, 6.07) is 7.80. The van der Waals surface area contributed by atoms with E-state index < -0.39 is 21.0 Å². The fourth-order valence-electron chi connectivity index (χ4n) is 2.66. The van der Waals surface area contributed by atoms with Crippen molar-refractivity contribution in [3.05, 3.63) is 24.3 Å². The zero-order valence-corrected chi connectivity index (χ0v) is 14.8. The molecule has 1 amide bonds. The Bertz CT molecular complexity index is 674. The smallest absolute Gasteiger partial charge is 0.240 e. The molecule has 0 N–H and O–H groups in total. The topological polar surface area (TPSA) is 66.9 Å². The molecule has 1 aliphatic rings. The fourth-order valence-corrected chi connectivity index (χ4v) is 3.21. The first-order chi connectivity index (χ1) is 10.7. The summed E-state index contributed by atoms with van der Waals surface area (Å²) in [6.45, 7) is 5.35. The standard InChI is InChI=1S/C16H24N2O4S/c1-5-18-11-13(22-15-9-7-6-8-14(15)18)10-17(3)16(19)12(2)23(4,20)21/h6-9,12-13H,5,10-11H2,1-4H3/t12-,13-/m1/s1. The van der Waals surface area contributed by atoms with E-state index in [1.807, 2.05) is 24.3 Å². The number of ether oxygens (including phenoxy) is 1. The minimum absolute atomic E-state index is 0.189. The molecule has 0 aromatic heterocycles. The van der Waals surface area contributed by atoms with Crippen LogP contribution < -0.4 is 9.64 Å². The summed E-state index contributed by atoms with van der Waals surface area (Å²) in [6.07, 6.45) is 0.890. The van der Waals surface area contributed by atoms with Gasteiger partial charge in [0.15, 0.2) is 9.84 Å². The minimum atomic E-state index is -3.39. The van der Waals surface area contributed by atoms with E-state index in [1.54, 1.807) is 7.05 Å².